The van der Waals surface area contributed by atoms with Gasteiger partial charge in [0.05, 0.1) is 0 Å². The van der Waals surface area contributed by atoms with E-state index in [1.807, 2.05) is 48.0 Å². The molecule has 0 aliphatic carbocycles. The minimum absolute atomic E-state index is 0.123. The molecule has 24 heavy (non-hydrogen) atoms. The lowest BCUT2D eigenvalue weighted by Gasteiger charge is -2.10. The molecule has 3 nitrogen and oxygen atoms in total. The Kier molecular flexibility index (Phi) is 4.75. The number of amides is 1. The van der Waals surface area contributed by atoms with Crippen molar-refractivity contribution in [1.29, 1.82) is 0 Å². The summed E-state index contributed by atoms with van der Waals surface area (Å²) < 4.78 is 14.8. The van der Waals surface area contributed by atoms with Gasteiger partial charge in [-0.25, -0.2) is 4.39 Å². The molecule has 0 aliphatic rings. The maximum Gasteiger partial charge on any atom is 0.268 e. The summed E-state index contributed by atoms with van der Waals surface area (Å²) in [6.07, 6.45) is 1.85. The Balaban J connectivity index is 1.66. The van der Waals surface area contributed by atoms with Gasteiger partial charge in [-0.2, -0.15) is 0 Å². The third kappa shape index (κ3) is 3.90. The van der Waals surface area contributed by atoms with Gasteiger partial charge in [-0.1, -0.05) is 42.0 Å². The molecule has 122 valence electrons. The summed E-state index contributed by atoms with van der Waals surface area (Å²) in [7, 11) is 0. The molecular formula is C20H19FN2O. The summed E-state index contributed by atoms with van der Waals surface area (Å²) in [6.45, 7) is 3.05. The van der Waals surface area contributed by atoms with E-state index in [-0.39, 0.29) is 11.7 Å². The number of hydrogen-bond donors (Lipinski definition) is 1. The van der Waals surface area contributed by atoms with Crippen LogP contribution in [-0.4, -0.2) is 10.5 Å². The molecule has 0 atom stereocenters. The lowest BCUT2D eigenvalue weighted by atomic mass is 10.1. The first-order valence-electron chi connectivity index (χ1n) is 7.85. The first kappa shape index (κ1) is 16.0. The Morgan fingerprint density at radius 1 is 1.00 bits per heavy atom. The van der Waals surface area contributed by atoms with Crippen molar-refractivity contribution in [1.82, 2.24) is 9.88 Å². The van der Waals surface area contributed by atoms with Crippen molar-refractivity contribution in [2.45, 2.75) is 20.0 Å². The molecule has 2 aromatic carbocycles. The average molecular weight is 322 g/mol. The van der Waals surface area contributed by atoms with Gasteiger partial charge in [0, 0.05) is 19.3 Å². The monoisotopic (exact) mass is 322 g/mol. The second-order valence-electron chi connectivity index (χ2n) is 5.82. The molecule has 0 fully saturated rings. The molecule has 0 bridgehead atoms. The van der Waals surface area contributed by atoms with Crippen molar-refractivity contribution < 1.29 is 9.18 Å². The van der Waals surface area contributed by atoms with Gasteiger partial charge >= 0.3 is 0 Å². The number of hydrogen-bond acceptors (Lipinski definition) is 1. The maximum absolute atomic E-state index is 13.0. The molecular weight excluding hydrogens is 303 g/mol. The van der Waals surface area contributed by atoms with Crippen LogP contribution in [-0.2, 0) is 13.1 Å². The lowest BCUT2D eigenvalue weighted by molar-refractivity contribution is 0.0942. The first-order chi connectivity index (χ1) is 11.6. The molecule has 0 unspecified atom stereocenters. The minimum atomic E-state index is -0.262. The van der Waals surface area contributed by atoms with E-state index in [1.165, 1.54) is 17.7 Å². The van der Waals surface area contributed by atoms with Crippen LogP contribution in [0, 0.1) is 12.7 Å². The van der Waals surface area contributed by atoms with Crippen LogP contribution < -0.4 is 5.32 Å². The number of halogens is 1. The average Bonchev–Trinajstić information content (AvgIpc) is 3.04. The molecule has 3 aromatic rings. The predicted molar refractivity (Wildman–Crippen MR) is 92.3 cm³/mol. The summed E-state index contributed by atoms with van der Waals surface area (Å²) in [5.74, 6) is -0.384. The summed E-state index contributed by atoms with van der Waals surface area (Å²) in [5, 5.41) is 2.94. The molecule has 0 spiro atoms. The Hall–Kier alpha value is -2.88. The quantitative estimate of drug-likeness (QED) is 0.759. The Bertz CT molecular complexity index is 820. The molecule has 0 saturated carbocycles. The Morgan fingerprint density at radius 3 is 2.38 bits per heavy atom. The van der Waals surface area contributed by atoms with Crippen molar-refractivity contribution in [3.8, 4) is 0 Å². The number of nitrogens with zero attached hydrogens (tertiary/aromatic N) is 1. The first-order valence-corrected chi connectivity index (χ1v) is 7.85. The van der Waals surface area contributed by atoms with Crippen LogP contribution in [0.3, 0.4) is 0 Å². The number of aromatic nitrogens is 1. The number of rotatable bonds is 5. The van der Waals surface area contributed by atoms with Crippen molar-refractivity contribution in [2.75, 3.05) is 0 Å². The molecule has 0 aliphatic heterocycles. The second-order valence-corrected chi connectivity index (χ2v) is 5.82. The largest absolute Gasteiger partial charge is 0.347 e. The summed E-state index contributed by atoms with van der Waals surface area (Å²) in [5.41, 5.74) is 3.79. The van der Waals surface area contributed by atoms with E-state index in [9.17, 15) is 9.18 Å². The minimum Gasteiger partial charge on any atom is -0.347 e. The zero-order valence-corrected chi connectivity index (χ0v) is 13.5. The molecule has 0 saturated heterocycles. The van der Waals surface area contributed by atoms with E-state index in [1.54, 1.807) is 18.2 Å². The molecule has 0 radical (unpaired) electrons. The highest BCUT2D eigenvalue weighted by Gasteiger charge is 2.11. The Morgan fingerprint density at radius 2 is 1.67 bits per heavy atom. The number of nitrogens with one attached hydrogen (secondary N) is 1. The smallest absolute Gasteiger partial charge is 0.268 e. The number of carbonyl (C=O) groups excluding carboxylic acids is 1. The highest BCUT2D eigenvalue weighted by molar-refractivity contribution is 5.92. The van der Waals surface area contributed by atoms with Gasteiger partial charge in [-0.15, -0.1) is 0 Å². The summed E-state index contributed by atoms with van der Waals surface area (Å²) >= 11 is 0. The lowest BCUT2D eigenvalue weighted by Crippen LogP contribution is -2.25. The SMILES string of the molecule is Cc1ccc(CNC(=O)c2cccn2Cc2ccc(F)cc2)cc1. The zero-order chi connectivity index (χ0) is 16.9. The third-order valence-electron chi connectivity index (χ3n) is 3.90. The van der Waals surface area contributed by atoms with Gasteiger partial charge in [-0.05, 0) is 42.3 Å². The van der Waals surface area contributed by atoms with Gasteiger partial charge in [0.1, 0.15) is 11.5 Å². The fourth-order valence-electron chi connectivity index (χ4n) is 2.52. The second kappa shape index (κ2) is 7.13. The van der Waals surface area contributed by atoms with Crippen LogP contribution in [0.15, 0.2) is 66.9 Å². The van der Waals surface area contributed by atoms with Crippen molar-refractivity contribution in [3.05, 3.63) is 95.1 Å². The number of benzene rings is 2. The fourth-order valence-corrected chi connectivity index (χ4v) is 2.52. The van der Waals surface area contributed by atoms with E-state index in [0.717, 1.165) is 11.1 Å². The topological polar surface area (TPSA) is 34.0 Å². The van der Waals surface area contributed by atoms with Gasteiger partial charge in [0.25, 0.3) is 5.91 Å². The normalized spacial score (nSPS) is 10.6. The summed E-state index contributed by atoms with van der Waals surface area (Å²) in [4.78, 5) is 12.4. The van der Waals surface area contributed by atoms with Crippen molar-refractivity contribution in [2.24, 2.45) is 0 Å². The van der Waals surface area contributed by atoms with Crippen LogP contribution in [0.2, 0.25) is 0 Å². The van der Waals surface area contributed by atoms with Crippen LogP contribution in [0.25, 0.3) is 0 Å². The van der Waals surface area contributed by atoms with Crippen LogP contribution >= 0.6 is 0 Å². The molecule has 1 heterocycles. The van der Waals surface area contributed by atoms with Gasteiger partial charge in [-0.3, -0.25) is 4.79 Å². The predicted octanol–water partition coefficient (Wildman–Crippen LogP) is 3.91. The molecule has 3 rings (SSSR count). The van der Waals surface area contributed by atoms with E-state index in [2.05, 4.69) is 5.32 Å². The number of aryl methyl sites for hydroxylation is 1. The van der Waals surface area contributed by atoms with Crippen molar-refractivity contribution in [3.63, 3.8) is 0 Å². The third-order valence-corrected chi connectivity index (χ3v) is 3.90. The molecule has 1 aromatic heterocycles. The van der Waals surface area contributed by atoms with E-state index in [4.69, 9.17) is 0 Å². The van der Waals surface area contributed by atoms with Gasteiger partial charge < -0.3 is 9.88 Å². The van der Waals surface area contributed by atoms with E-state index in [0.29, 0.717) is 18.8 Å². The zero-order valence-electron chi connectivity index (χ0n) is 13.5. The van der Waals surface area contributed by atoms with E-state index < -0.39 is 0 Å². The molecule has 1 N–H and O–H groups in total. The molecule has 4 heteroatoms. The summed E-state index contributed by atoms with van der Waals surface area (Å²) in [6, 6.07) is 18.0. The highest BCUT2D eigenvalue weighted by atomic mass is 19.1. The number of carbonyl (C=O) groups is 1. The standard InChI is InChI=1S/C20H19FN2O/c1-15-4-6-16(7-5-15)13-22-20(24)19-3-2-12-23(19)14-17-8-10-18(21)11-9-17/h2-12H,13-14H2,1H3,(H,22,24). The van der Waals surface area contributed by atoms with Crippen LogP contribution in [0.5, 0.6) is 0 Å². The highest BCUT2D eigenvalue weighted by Crippen LogP contribution is 2.10. The van der Waals surface area contributed by atoms with E-state index >= 15 is 0 Å². The van der Waals surface area contributed by atoms with Crippen molar-refractivity contribution >= 4 is 5.91 Å². The maximum atomic E-state index is 13.0. The molecule has 1 amide bonds. The van der Waals surface area contributed by atoms with Crippen LogP contribution in [0.4, 0.5) is 4.39 Å². The van der Waals surface area contributed by atoms with Gasteiger partial charge in [0.15, 0.2) is 0 Å². The Labute approximate surface area is 140 Å². The fraction of sp³-hybridized carbons (Fsp3) is 0.150. The van der Waals surface area contributed by atoms with Gasteiger partial charge in [0.2, 0.25) is 0 Å². The van der Waals surface area contributed by atoms with Crippen LogP contribution in [0.1, 0.15) is 27.2 Å².